The summed E-state index contributed by atoms with van der Waals surface area (Å²) in [5.74, 6) is 1.19. The maximum Gasteiger partial charge on any atom is 0.231 e. The summed E-state index contributed by atoms with van der Waals surface area (Å²) < 4.78 is 24.4. The predicted octanol–water partition coefficient (Wildman–Crippen LogP) is 4.37. The minimum atomic E-state index is -0.266. The number of carbonyl (C=O) groups is 1. The molecule has 0 aliphatic carbocycles. The molecule has 0 saturated heterocycles. The summed E-state index contributed by atoms with van der Waals surface area (Å²) in [6.45, 7) is 2.82. The number of amides is 1. The molecule has 0 fully saturated rings. The molecule has 5 nitrogen and oxygen atoms in total. The Morgan fingerprint density at radius 3 is 3.00 bits per heavy atom. The molecule has 29 heavy (non-hydrogen) atoms. The molecule has 0 bridgehead atoms. The first kappa shape index (κ1) is 18.1. The van der Waals surface area contributed by atoms with E-state index in [2.05, 4.69) is 4.98 Å². The number of aromatic nitrogens is 1. The summed E-state index contributed by atoms with van der Waals surface area (Å²) in [5, 5.41) is 2.75. The molecular weight excluding hydrogens is 391 g/mol. The topological polar surface area (TPSA) is 51.7 Å². The monoisotopic (exact) mass is 410 g/mol. The standard InChI is InChI=1S/C22H19FN2O3S/c1-13-18-9-16(23)4-2-14(18)6-7-25(13)21(26)10-17-11-29-22(24-17)15-3-5-19-20(8-15)28-12-27-19/h2-5,8-9,11,13H,6-7,10,12H2,1H3. The number of hydrogen-bond donors (Lipinski definition) is 0. The number of rotatable bonds is 3. The van der Waals surface area contributed by atoms with Gasteiger partial charge in [-0.25, -0.2) is 9.37 Å². The quantitative estimate of drug-likeness (QED) is 0.644. The molecule has 0 saturated carbocycles. The van der Waals surface area contributed by atoms with E-state index in [1.807, 2.05) is 41.5 Å². The molecule has 2 aliphatic rings. The van der Waals surface area contributed by atoms with Crippen molar-refractivity contribution >= 4 is 17.2 Å². The predicted molar refractivity (Wildman–Crippen MR) is 108 cm³/mol. The molecule has 5 rings (SSSR count). The fourth-order valence-corrected chi connectivity index (χ4v) is 4.75. The highest BCUT2D eigenvalue weighted by molar-refractivity contribution is 7.13. The van der Waals surface area contributed by atoms with E-state index in [0.29, 0.717) is 12.3 Å². The fourth-order valence-electron chi connectivity index (χ4n) is 3.93. The maximum absolute atomic E-state index is 13.7. The second-order valence-electron chi connectivity index (χ2n) is 7.25. The van der Waals surface area contributed by atoms with Crippen molar-refractivity contribution < 1.29 is 18.7 Å². The summed E-state index contributed by atoms with van der Waals surface area (Å²) in [4.78, 5) is 19.4. The number of thiazole rings is 1. The molecule has 3 heterocycles. The van der Waals surface area contributed by atoms with Gasteiger partial charge in [-0.3, -0.25) is 4.79 Å². The van der Waals surface area contributed by atoms with E-state index in [4.69, 9.17) is 9.47 Å². The molecule has 148 valence electrons. The summed E-state index contributed by atoms with van der Waals surface area (Å²) >= 11 is 1.50. The number of nitrogens with zero attached hydrogens (tertiary/aromatic N) is 2. The molecule has 1 amide bonds. The van der Waals surface area contributed by atoms with Crippen LogP contribution in [0, 0.1) is 5.82 Å². The molecule has 1 aromatic heterocycles. The van der Waals surface area contributed by atoms with Crippen LogP contribution in [0.25, 0.3) is 10.6 Å². The summed E-state index contributed by atoms with van der Waals surface area (Å²) in [5.41, 5.74) is 3.68. The van der Waals surface area contributed by atoms with Crippen LogP contribution in [0.3, 0.4) is 0 Å². The Morgan fingerprint density at radius 2 is 2.10 bits per heavy atom. The van der Waals surface area contributed by atoms with Crippen molar-refractivity contribution in [2.24, 2.45) is 0 Å². The lowest BCUT2D eigenvalue weighted by Gasteiger charge is -2.35. The molecule has 7 heteroatoms. The van der Waals surface area contributed by atoms with Gasteiger partial charge in [-0.05, 0) is 54.8 Å². The lowest BCUT2D eigenvalue weighted by molar-refractivity contribution is -0.133. The lowest BCUT2D eigenvalue weighted by atomic mass is 9.93. The summed E-state index contributed by atoms with van der Waals surface area (Å²) in [7, 11) is 0. The Hall–Kier alpha value is -2.93. The zero-order valence-electron chi connectivity index (χ0n) is 15.9. The number of halogens is 1. The van der Waals surface area contributed by atoms with Crippen molar-refractivity contribution in [3.63, 3.8) is 0 Å². The normalized spacial score (nSPS) is 17.3. The largest absolute Gasteiger partial charge is 0.454 e. The molecular formula is C22H19FN2O3S. The van der Waals surface area contributed by atoms with Gasteiger partial charge in [0.05, 0.1) is 18.2 Å². The van der Waals surface area contributed by atoms with Crippen molar-refractivity contribution in [2.75, 3.05) is 13.3 Å². The zero-order chi connectivity index (χ0) is 20.0. The van der Waals surface area contributed by atoms with Gasteiger partial charge in [0.15, 0.2) is 11.5 Å². The van der Waals surface area contributed by atoms with Crippen LogP contribution in [0.2, 0.25) is 0 Å². The Labute approximate surface area is 171 Å². The number of ether oxygens (including phenoxy) is 2. The lowest BCUT2D eigenvalue weighted by Crippen LogP contribution is -2.39. The first-order valence-corrected chi connectivity index (χ1v) is 10.4. The van der Waals surface area contributed by atoms with Gasteiger partial charge in [-0.1, -0.05) is 6.07 Å². The zero-order valence-corrected chi connectivity index (χ0v) is 16.7. The first-order chi connectivity index (χ1) is 14.1. The van der Waals surface area contributed by atoms with Gasteiger partial charge in [0, 0.05) is 17.5 Å². The van der Waals surface area contributed by atoms with Gasteiger partial charge in [0.2, 0.25) is 12.7 Å². The average molecular weight is 410 g/mol. The number of carbonyl (C=O) groups excluding carboxylic acids is 1. The van der Waals surface area contributed by atoms with Gasteiger partial charge >= 0.3 is 0 Å². The second-order valence-corrected chi connectivity index (χ2v) is 8.10. The molecule has 1 atom stereocenters. The Bertz CT molecular complexity index is 1100. The van der Waals surface area contributed by atoms with E-state index < -0.39 is 0 Å². The van der Waals surface area contributed by atoms with Gasteiger partial charge in [-0.15, -0.1) is 11.3 Å². The van der Waals surface area contributed by atoms with E-state index in [0.717, 1.165) is 39.6 Å². The van der Waals surface area contributed by atoms with Crippen LogP contribution < -0.4 is 9.47 Å². The van der Waals surface area contributed by atoms with Crippen LogP contribution in [0.15, 0.2) is 41.8 Å². The second kappa shape index (κ2) is 7.15. The molecule has 0 N–H and O–H groups in total. The smallest absolute Gasteiger partial charge is 0.231 e. The number of fused-ring (bicyclic) bond motifs is 2. The average Bonchev–Trinajstić information content (AvgIpc) is 3.37. The Kier molecular flexibility index (Phi) is 4.47. The fraction of sp³-hybridized carbons (Fsp3) is 0.273. The molecule has 3 aromatic rings. The van der Waals surface area contributed by atoms with E-state index in [1.165, 1.54) is 17.4 Å². The number of benzene rings is 2. The van der Waals surface area contributed by atoms with Crippen molar-refractivity contribution in [1.82, 2.24) is 9.88 Å². The van der Waals surface area contributed by atoms with Crippen LogP contribution in [0.1, 0.15) is 29.8 Å². The van der Waals surface area contributed by atoms with Crippen molar-refractivity contribution in [3.8, 4) is 22.1 Å². The van der Waals surface area contributed by atoms with Gasteiger partial charge in [-0.2, -0.15) is 0 Å². The van der Waals surface area contributed by atoms with E-state index in [9.17, 15) is 9.18 Å². The van der Waals surface area contributed by atoms with Crippen molar-refractivity contribution in [1.29, 1.82) is 0 Å². The maximum atomic E-state index is 13.7. The molecule has 0 spiro atoms. The Morgan fingerprint density at radius 1 is 1.24 bits per heavy atom. The van der Waals surface area contributed by atoms with Crippen molar-refractivity contribution in [2.45, 2.75) is 25.8 Å². The third-order valence-corrected chi connectivity index (χ3v) is 6.41. The third-order valence-electron chi connectivity index (χ3n) is 5.47. The van der Waals surface area contributed by atoms with Crippen molar-refractivity contribution in [3.05, 3.63) is 64.4 Å². The summed E-state index contributed by atoms with van der Waals surface area (Å²) in [6.07, 6.45) is 0.973. The van der Waals surface area contributed by atoms with Crippen LogP contribution in [-0.2, 0) is 17.6 Å². The van der Waals surface area contributed by atoms with E-state index in [-0.39, 0.29) is 31.0 Å². The molecule has 0 radical (unpaired) electrons. The van der Waals surface area contributed by atoms with Gasteiger partial charge < -0.3 is 14.4 Å². The Balaban J connectivity index is 1.32. The van der Waals surface area contributed by atoms with E-state index in [1.54, 1.807) is 6.07 Å². The minimum absolute atomic E-state index is 0.00921. The molecule has 2 aromatic carbocycles. The van der Waals surface area contributed by atoms with Crippen LogP contribution in [0.5, 0.6) is 11.5 Å². The highest BCUT2D eigenvalue weighted by atomic mass is 32.1. The highest BCUT2D eigenvalue weighted by Crippen LogP contribution is 2.37. The third kappa shape index (κ3) is 3.35. The minimum Gasteiger partial charge on any atom is -0.454 e. The van der Waals surface area contributed by atoms with Gasteiger partial charge in [0.25, 0.3) is 0 Å². The van der Waals surface area contributed by atoms with E-state index >= 15 is 0 Å². The molecule has 1 unspecified atom stereocenters. The SMILES string of the molecule is CC1c2cc(F)ccc2CCN1C(=O)Cc1csc(-c2ccc3c(c2)OCO3)n1. The first-order valence-electron chi connectivity index (χ1n) is 9.51. The summed E-state index contributed by atoms with van der Waals surface area (Å²) in [6, 6.07) is 10.4. The van der Waals surface area contributed by atoms with Crippen LogP contribution in [0.4, 0.5) is 4.39 Å². The highest BCUT2D eigenvalue weighted by Gasteiger charge is 2.28. The molecule has 2 aliphatic heterocycles. The van der Waals surface area contributed by atoms with Crippen LogP contribution >= 0.6 is 11.3 Å². The van der Waals surface area contributed by atoms with Gasteiger partial charge in [0.1, 0.15) is 10.8 Å². The van der Waals surface area contributed by atoms with Crippen LogP contribution in [-0.4, -0.2) is 29.1 Å². The number of hydrogen-bond acceptors (Lipinski definition) is 5.